The largest absolute Gasteiger partial charge is 0.341 e. The Balaban J connectivity index is 0.00000210. The van der Waals surface area contributed by atoms with Crippen molar-refractivity contribution in [2.24, 2.45) is 11.1 Å². The minimum atomic E-state index is -0.378. The van der Waals surface area contributed by atoms with Gasteiger partial charge in [-0.2, -0.15) is 0 Å². The summed E-state index contributed by atoms with van der Waals surface area (Å²) in [6.07, 6.45) is 0. The lowest BCUT2D eigenvalue weighted by molar-refractivity contribution is 0.0742. The number of halogens is 3. The molecule has 2 N–H and O–H groups in total. The van der Waals surface area contributed by atoms with Crippen LogP contribution in [0.3, 0.4) is 0 Å². The highest BCUT2D eigenvalue weighted by atomic mass is 35.5. The van der Waals surface area contributed by atoms with E-state index in [1.807, 2.05) is 44.2 Å². The van der Waals surface area contributed by atoms with E-state index in [-0.39, 0.29) is 42.0 Å². The van der Waals surface area contributed by atoms with Crippen LogP contribution >= 0.6 is 24.8 Å². The van der Waals surface area contributed by atoms with Crippen molar-refractivity contribution in [2.45, 2.75) is 13.8 Å². The standard InChI is InChI=1S/C22H24FN3O.2ClH/c1-22(2,13-24)14-26(3)21(27)18-12-19(15-7-5-4-6-8-15)25-20-11-16(23)9-10-17(18)20;;/h4-12H,13-14,24H2,1-3H3;2*1H. The minimum Gasteiger partial charge on any atom is -0.341 e. The Labute approximate surface area is 183 Å². The molecule has 1 amide bonds. The van der Waals surface area contributed by atoms with Gasteiger partial charge in [0.2, 0.25) is 0 Å². The summed E-state index contributed by atoms with van der Waals surface area (Å²) in [5.41, 5.74) is 8.11. The molecule has 0 unspecified atom stereocenters. The van der Waals surface area contributed by atoms with E-state index >= 15 is 0 Å². The van der Waals surface area contributed by atoms with E-state index in [0.717, 1.165) is 5.56 Å². The Bertz CT molecular complexity index is 980. The van der Waals surface area contributed by atoms with Crippen LogP contribution in [0, 0.1) is 11.2 Å². The number of nitrogens with zero attached hydrogens (tertiary/aromatic N) is 2. The molecular weight excluding hydrogens is 412 g/mol. The van der Waals surface area contributed by atoms with Crippen LogP contribution in [0.2, 0.25) is 0 Å². The predicted octanol–water partition coefficient (Wildman–Crippen LogP) is 4.94. The van der Waals surface area contributed by atoms with Gasteiger partial charge in [0, 0.05) is 30.6 Å². The molecule has 156 valence electrons. The lowest BCUT2D eigenvalue weighted by atomic mass is 9.93. The third-order valence-electron chi connectivity index (χ3n) is 4.64. The van der Waals surface area contributed by atoms with Gasteiger partial charge >= 0.3 is 0 Å². The highest BCUT2D eigenvalue weighted by Crippen LogP contribution is 2.27. The van der Waals surface area contributed by atoms with Gasteiger partial charge < -0.3 is 10.6 Å². The average molecular weight is 438 g/mol. The average Bonchev–Trinajstić information content (AvgIpc) is 2.66. The van der Waals surface area contributed by atoms with E-state index in [1.54, 1.807) is 24.1 Å². The SMILES string of the molecule is CN(CC(C)(C)CN)C(=O)c1cc(-c2ccccc2)nc2cc(F)ccc12.Cl.Cl. The molecule has 0 atom stereocenters. The zero-order valence-electron chi connectivity index (χ0n) is 16.7. The van der Waals surface area contributed by atoms with Crippen molar-refractivity contribution >= 4 is 41.6 Å². The maximum absolute atomic E-state index is 13.8. The molecule has 0 spiro atoms. The topological polar surface area (TPSA) is 59.2 Å². The van der Waals surface area contributed by atoms with Gasteiger partial charge in [-0.1, -0.05) is 44.2 Å². The number of carbonyl (C=O) groups excluding carboxylic acids is 1. The summed E-state index contributed by atoms with van der Waals surface area (Å²) in [5.74, 6) is -0.510. The maximum atomic E-state index is 13.8. The summed E-state index contributed by atoms with van der Waals surface area (Å²) in [6.45, 7) is 5.04. The van der Waals surface area contributed by atoms with Crippen LogP contribution in [-0.4, -0.2) is 35.9 Å². The van der Waals surface area contributed by atoms with E-state index < -0.39 is 0 Å². The van der Waals surface area contributed by atoms with Crippen molar-refractivity contribution in [1.29, 1.82) is 0 Å². The molecule has 4 nitrogen and oxygen atoms in total. The van der Waals surface area contributed by atoms with E-state index in [2.05, 4.69) is 4.98 Å². The van der Waals surface area contributed by atoms with Gasteiger partial charge in [-0.25, -0.2) is 9.37 Å². The number of aromatic nitrogens is 1. The Morgan fingerprint density at radius 1 is 1.10 bits per heavy atom. The smallest absolute Gasteiger partial charge is 0.254 e. The Hall–Kier alpha value is -2.21. The van der Waals surface area contributed by atoms with Crippen molar-refractivity contribution in [3.63, 3.8) is 0 Å². The van der Waals surface area contributed by atoms with E-state index in [9.17, 15) is 9.18 Å². The first-order valence-corrected chi connectivity index (χ1v) is 8.92. The molecule has 0 saturated carbocycles. The zero-order valence-corrected chi connectivity index (χ0v) is 18.3. The normalized spacial score (nSPS) is 10.8. The fourth-order valence-corrected chi connectivity index (χ4v) is 3.12. The van der Waals surface area contributed by atoms with Crippen LogP contribution in [0.25, 0.3) is 22.2 Å². The van der Waals surface area contributed by atoms with Crippen LogP contribution in [-0.2, 0) is 0 Å². The molecular formula is C22H26Cl2FN3O. The summed E-state index contributed by atoms with van der Waals surface area (Å²) in [5, 5.41) is 0.637. The number of hydrogen-bond donors (Lipinski definition) is 1. The van der Waals surface area contributed by atoms with Gasteiger partial charge in [0.1, 0.15) is 5.82 Å². The predicted molar refractivity (Wildman–Crippen MR) is 121 cm³/mol. The highest BCUT2D eigenvalue weighted by Gasteiger charge is 2.24. The fraction of sp³-hybridized carbons (Fsp3) is 0.273. The first-order chi connectivity index (χ1) is 12.8. The highest BCUT2D eigenvalue weighted by molar-refractivity contribution is 6.07. The van der Waals surface area contributed by atoms with Gasteiger partial charge in [0.15, 0.2) is 0 Å². The third-order valence-corrected chi connectivity index (χ3v) is 4.64. The van der Waals surface area contributed by atoms with Crippen molar-refractivity contribution < 1.29 is 9.18 Å². The summed E-state index contributed by atoms with van der Waals surface area (Å²) in [6, 6.07) is 15.7. The number of pyridine rings is 1. The van der Waals surface area contributed by atoms with Gasteiger partial charge in [-0.15, -0.1) is 24.8 Å². The minimum absolute atomic E-state index is 0. The summed E-state index contributed by atoms with van der Waals surface area (Å²) in [7, 11) is 1.76. The van der Waals surface area contributed by atoms with Crippen LogP contribution in [0.15, 0.2) is 54.6 Å². The molecule has 0 aliphatic heterocycles. The summed E-state index contributed by atoms with van der Waals surface area (Å²) in [4.78, 5) is 19.4. The molecule has 3 aromatic rings. The molecule has 0 radical (unpaired) electrons. The second-order valence-electron chi connectivity index (χ2n) is 7.61. The van der Waals surface area contributed by atoms with Crippen molar-refractivity contribution in [3.8, 4) is 11.3 Å². The van der Waals surface area contributed by atoms with Crippen molar-refractivity contribution in [1.82, 2.24) is 9.88 Å². The molecule has 1 aromatic heterocycles. The van der Waals surface area contributed by atoms with E-state index in [0.29, 0.717) is 35.2 Å². The number of hydrogen-bond acceptors (Lipinski definition) is 3. The Morgan fingerprint density at radius 2 is 1.76 bits per heavy atom. The monoisotopic (exact) mass is 437 g/mol. The number of benzene rings is 2. The molecule has 0 aliphatic rings. The number of amides is 1. The summed E-state index contributed by atoms with van der Waals surface area (Å²) < 4.78 is 13.8. The van der Waals surface area contributed by atoms with Crippen LogP contribution in [0.4, 0.5) is 4.39 Å². The molecule has 0 saturated heterocycles. The molecule has 0 bridgehead atoms. The summed E-state index contributed by atoms with van der Waals surface area (Å²) >= 11 is 0. The first-order valence-electron chi connectivity index (χ1n) is 8.92. The number of nitrogens with two attached hydrogens (primary N) is 1. The molecule has 0 aliphatic carbocycles. The molecule has 3 rings (SSSR count). The van der Waals surface area contributed by atoms with Crippen LogP contribution in [0.5, 0.6) is 0 Å². The Morgan fingerprint density at radius 3 is 2.38 bits per heavy atom. The lowest BCUT2D eigenvalue weighted by Gasteiger charge is -2.29. The lowest BCUT2D eigenvalue weighted by Crippen LogP contribution is -2.39. The molecule has 29 heavy (non-hydrogen) atoms. The van der Waals surface area contributed by atoms with E-state index in [1.165, 1.54) is 12.1 Å². The molecule has 1 heterocycles. The quantitative estimate of drug-likeness (QED) is 0.614. The van der Waals surface area contributed by atoms with Crippen molar-refractivity contribution in [3.05, 3.63) is 66.0 Å². The van der Waals surface area contributed by atoms with E-state index in [4.69, 9.17) is 5.73 Å². The number of rotatable bonds is 5. The van der Waals surface area contributed by atoms with Crippen LogP contribution < -0.4 is 5.73 Å². The van der Waals surface area contributed by atoms with Gasteiger partial charge in [-0.05, 0) is 30.2 Å². The van der Waals surface area contributed by atoms with Gasteiger partial charge in [-0.3, -0.25) is 4.79 Å². The molecule has 2 aromatic carbocycles. The van der Waals surface area contributed by atoms with Crippen molar-refractivity contribution in [2.75, 3.05) is 20.1 Å². The first kappa shape index (κ1) is 24.8. The van der Waals surface area contributed by atoms with Gasteiger partial charge in [0.05, 0.1) is 16.8 Å². The van der Waals surface area contributed by atoms with Gasteiger partial charge in [0.25, 0.3) is 5.91 Å². The molecule has 7 heteroatoms. The number of carbonyl (C=O) groups is 1. The Kier molecular flexibility index (Phi) is 8.57. The third kappa shape index (κ3) is 5.66. The zero-order chi connectivity index (χ0) is 19.6. The van der Waals surface area contributed by atoms with Crippen LogP contribution in [0.1, 0.15) is 24.2 Å². The maximum Gasteiger partial charge on any atom is 0.254 e. The fourth-order valence-electron chi connectivity index (χ4n) is 3.12. The second kappa shape index (κ2) is 10.0. The number of fused-ring (bicyclic) bond motifs is 1. The second-order valence-corrected chi connectivity index (χ2v) is 7.61. The molecule has 0 fully saturated rings.